The molecule has 1 aliphatic rings. The third kappa shape index (κ3) is 6.61. The summed E-state index contributed by atoms with van der Waals surface area (Å²) in [7, 11) is 0. The van der Waals surface area contributed by atoms with Gasteiger partial charge in [-0.2, -0.15) is 23.6 Å². The highest BCUT2D eigenvalue weighted by Gasteiger charge is 2.42. The number of nitrogens with zero attached hydrogens (tertiary/aromatic N) is 2. The van der Waals surface area contributed by atoms with Crippen molar-refractivity contribution in [2.24, 2.45) is 0 Å². The van der Waals surface area contributed by atoms with Crippen molar-refractivity contribution < 1.29 is 41.5 Å². The van der Waals surface area contributed by atoms with Gasteiger partial charge in [-0.3, -0.25) is 9.69 Å². The van der Waals surface area contributed by atoms with Gasteiger partial charge in [-0.05, 0) is 42.5 Å². The van der Waals surface area contributed by atoms with Gasteiger partial charge in [0.1, 0.15) is 17.9 Å². The van der Waals surface area contributed by atoms with Gasteiger partial charge in [0.2, 0.25) is 0 Å². The molecule has 4 rings (SSSR count). The summed E-state index contributed by atoms with van der Waals surface area (Å²) in [6.45, 7) is 4.65. The van der Waals surface area contributed by atoms with E-state index in [-0.39, 0.29) is 17.1 Å². The molecule has 0 unspecified atom stereocenters. The van der Waals surface area contributed by atoms with Gasteiger partial charge < -0.3 is 24.0 Å². The maximum atomic E-state index is 12.2. The zero-order chi connectivity index (χ0) is 24.8. The summed E-state index contributed by atoms with van der Waals surface area (Å²) in [6, 6.07) is 11.3. The number of anilines is 2. The Labute approximate surface area is 196 Å². The number of hydroxylamine groups is 1. The molecule has 186 valence electrons. The summed E-state index contributed by atoms with van der Waals surface area (Å²) in [5.41, 5.74) is 2.65. The molecular formula is C22H21F3N4O6. The molecule has 0 spiro atoms. The summed E-state index contributed by atoms with van der Waals surface area (Å²) >= 11 is 0. The van der Waals surface area contributed by atoms with Crippen LogP contribution >= 0.6 is 0 Å². The van der Waals surface area contributed by atoms with Crippen LogP contribution in [0, 0.1) is 0 Å². The highest BCUT2D eigenvalue weighted by Crippen LogP contribution is 2.24. The number of oxazole rings is 1. The minimum absolute atomic E-state index is 0.0779. The van der Waals surface area contributed by atoms with Crippen molar-refractivity contribution in [3.8, 4) is 5.75 Å². The van der Waals surface area contributed by atoms with Crippen LogP contribution in [0.1, 0.15) is 10.4 Å². The number of amides is 1. The number of carbonyl (C=O) groups excluding carboxylic acids is 2. The van der Waals surface area contributed by atoms with Crippen molar-refractivity contribution in [1.29, 1.82) is 0 Å². The van der Waals surface area contributed by atoms with Crippen LogP contribution < -0.4 is 15.5 Å². The number of morpholine rings is 1. The Kier molecular flexibility index (Phi) is 7.36. The molecular weight excluding hydrogens is 473 g/mol. The van der Waals surface area contributed by atoms with Gasteiger partial charge in [-0.25, -0.2) is 4.79 Å². The molecule has 1 amide bonds. The van der Waals surface area contributed by atoms with E-state index in [0.717, 1.165) is 32.8 Å². The molecule has 0 radical (unpaired) electrons. The third-order valence-corrected chi connectivity index (χ3v) is 5.00. The van der Waals surface area contributed by atoms with Crippen LogP contribution in [0.5, 0.6) is 5.75 Å². The van der Waals surface area contributed by atoms with Crippen molar-refractivity contribution in [3.63, 3.8) is 0 Å². The molecule has 2 heterocycles. The average molecular weight is 494 g/mol. The fraction of sp³-hybridized carbons (Fsp3) is 0.318. The van der Waals surface area contributed by atoms with E-state index >= 15 is 0 Å². The molecule has 0 atom stereocenters. The second-order valence-electron chi connectivity index (χ2n) is 7.47. The number of carbonyl (C=O) groups is 2. The van der Waals surface area contributed by atoms with E-state index in [0.29, 0.717) is 23.6 Å². The zero-order valence-corrected chi connectivity index (χ0v) is 18.3. The number of benzene rings is 2. The van der Waals surface area contributed by atoms with Crippen molar-refractivity contribution >= 4 is 34.7 Å². The smallest absolute Gasteiger partial charge is 0.492 e. The van der Waals surface area contributed by atoms with Crippen LogP contribution in [0.4, 0.5) is 24.9 Å². The van der Waals surface area contributed by atoms with Crippen LogP contribution in [0.3, 0.4) is 0 Å². The predicted octanol–water partition coefficient (Wildman–Crippen LogP) is 3.03. The van der Waals surface area contributed by atoms with Gasteiger partial charge in [0.15, 0.2) is 5.58 Å². The maximum Gasteiger partial charge on any atom is 0.493 e. The third-order valence-electron chi connectivity index (χ3n) is 5.00. The summed E-state index contributed by atoms with van der Waals surface area (Å²) < 4.78 is 53.2. The van der Waals surface area contributed by atoms with Gasteiger partial charge in [0.05, 0.1) is 13.2 Å². The van der Waals surface area contributed by atoms with Gasteiger partial charge >= 0.3 is 12.1 Å². The molecule has 10 nitrogen and oxygen atoms in total. The summed E-state index contributed by atoms with van der Waals surface area (Å²) in [5, 5.41) is 2.98. The van der Waals surface area contributed by atoms with Gasteiger partial charge in [-0.1, -0.05) is 0 Å². The van der Waals surface area contributed by atoms with Crippen molar-refractivity contribution in [3.05, 3.63) is 48.0 Å². The average Bonchev–Trinajstić information content (AvgIpc) is 3.25. The molecule has 3 aromatic rings. The van der Waals surface area contributed by atoms with E-state index in [1.165, 1.54) is 23.7 Å². The molecule has 1 saturated heterocycles. The lowest BCUT2D eigenvalue weighted by Crippen LogP contribution is -2.38. The van der Waals surface area contributed by atoms with E-state index in [2.05, 4.69) is 20.0 Å². The lowest BCUT2D eigenvalue weighted by atomic mass is 10.2. The Morgan fingerprint density at radius 3 is 2.54 bits per heavy atom. The number of alkyl halides is 3. The molecule has 0 bridgehead atoms. The molecule has 1 aromatic heterocycles. The molecule has 1 aliphatic heterocycles. The molecule has 35 heavy (non-hydrogen) atoms. The molecule has 0 saturated carbocycles. The lowest BCUT2D eigenvalue weighted by molar-refractivity contribution is -0.204. The van der Waals surface area contributed by atoms with Crippen LogP contribution in [-0.2, 0) is 14.4 Å². The Bertz CT molecular complexity index is 1180. The first-order valence-corrected chi connectivity index (χ1v) is 10.6. The monoisotopic (exact) mass is 494 g/mol. The lowest BCUT2D eigenvalue weighted by Gasteiger charge is -2.26. The molecule has 0 aliphatic carbocycles. The highest BCUT2D eigenvalue weighted by atomic mass is 19.4. The SMILES string of the molecule is O=C(NOC(=O)C(F)(F)F)c1ccc2oc(Nc3ccc(OCCN4CCOCC4)cc3)nc2c1. The number of hydrogen-bond donors (Lipinski definition) is 2. The molecule has 1 fully saturated rings. The number of fused-ring (bicyclic) bond motifs is 1. The maximum absolute atomic E-state index is 12.2. The van der Waals surface area contributed by atoms with E-state index in [9.17, 15) is 22.8 Å². The van der Waals surface area contributed by atoms with E-state index < -0.39 is 18.1 Å². The Morgan fingerprint density at radius 2 is 1.83 bits per heavy atom. The first-order valence-electron chi connectivity index (χ1n) is 10.6. The highest BCUT2D eigenvalue weighted by molar-refractivity contribution is 5.97. The fourth-order valence-corrected chi connectivity index (χ4v) is 3.21. The van der Waals surface area contributed by atoms with E-state index in [1.54, 1.807) is 24.3 Å². The van der Waals surface area contributed by atoms with Crippen molar-refractivity contribution in [2.75, 3.05) is 44.8 Å². The van der Waals surface area contributed by atoms with Crippen LogP contribution in [-0.4, -0.2) is 67.4 Å². The first-order chi connectivity index (χ1) is 16.8. The largest absolute Gasteiger partial charge is 0.493 e. The van der Waals surface area contributed by atoms with E-state index in [4.69, 9.17) is 13.9 Å². The summed E-state index contributed by atoms with van der Waals surface area (Å²) in [6.07, 6.45) is -5.23. The van der Waals surface area contributed by atoms with Crippen LogP contribution in [0.2, 0.25) is 0 Å². The summed E-state index contributed by atoms with van der Waals surface area (Å²) in [4.78, 5) is 32.9. The topological polar surface area (TPSA) is 115 Å². The second kappa shape index (κ2) is 10.6. The quantitative estimate of drug-likeness (QED) is 0.478. The number of nitrogens with one attached hydrogen (secondary N) is 2. The molecule has 2 N–H and O–H groups in total. The minimum Gasteiger partial charge on any atom is -0.492 e. The standard InChI is InChI=1S/C22H21F3N4O6/c23-22(24,25)20(31)35-28-19(30)14-1-6-18-17(13-14)27-21(34-18)26-15-2-4-16(5-3-15)33-12-9-29-7-10-32-11-8-29/h1-6,13H,7-12H2,(H,26,27)(H,28,30). The fourth-order valence-electron chi connectivity index (χ4n) is 3.21. The van der Waals surface area contributed by atoms with Crippen LogP contribution in [0.15, 0.2) is 46.9 Å². The Hall–Kier alpha value is -3.84. The predicted molar refractivity (Wildman–Crippen MR) is 116 cm³/mol. The van der Waals surface area contributed by atoms with Gasteiger partial charge in [-0.15, -0.1) is 0 Å². The number of rotatable bonds is 7. The van der Waals surface area contributed by atoms with E-state index in [1.807, 2.05) is 0 Å². The number of aromatic nitrogens is 1. The summed E-state index contributed by atoms with van der Waals surface area (Å²) in [5.74, 6) is -2.87. The van der Waals surface area contributed by atoms with Crippen LogP contribution in [0.25, 0.3) is 11.1 Å². The zero-order valence-electron chi connectivity index (χ0n) is 18.3. The van der Waals surface area contributed by atoms with Gasteiger partial charge in [0, 0.05) is 30.9 Å². The number of ether oxygens (including phenoxy) is 2. The Morgan fingerprint density at radius 1 is 1.09 bits per heavy atom. The second-order valence-corrected chi connectivity index (χ2v) is 7.47. The Balaban J connectivity index is 1.31. The minimum atomic E-state index is -5.23. The van der Waals surface area contributed by atoms with Gasteiger partial charge in [0.25, 0.3) is 11.9 Å². The molecule has 13 heteroatoms. The molecule has 2 aromatic carbocycles. The first kappa shape index (κ1) is 24.3. The number of hydrogen-bond acceptors (Lipinski definition) is 9. The number of halogens is 3. The van der Waals surface area contributed by atoms with Crippen molar-refractivity contribution in [1.82, 2.24) is 15.4 Å². The van der Waals surface area contributed by atoms with Crippen molar-refractivity contribution in [2.45, 2.75) is 6.18 Å². The normalized spacial score (nSPS) is 14.5.